The summed E-state index contributed by atoms with van der Waals surface area (Å²) < 4.78 is 7.24. The van der Waals surface area contributed by atoms with Gasteiger partial charge in [0.2, 0.25) is 0 Å². The summed E-state index contributed by atoms with van der Waals surface area (Å²) in [6.07, 6.45) is 1.76. The van der Waals surface area contributed by atoms with Gasteiger partial charge < -0.3 is 4.74 Å². The molecule has 7 heteroatoms. The molecule has 0 saturated carbocycles. The molecule has 4 rings (SSSR count). The van der Waals surface area contributed by atoms with Gasteiger partial charge in [0.05, 0.1) is 18.5 Å². The van der Waals surface area contributed by atoms with Crippen LogP contribution in [0.2, 0.25) is 0 Å². The molecule has 4 aromatic rings. The van der Waals surface area contributed by atoms with Crippen molar-refractivity contribution in [3.63, 3.8) is 0 Å². The quantitative estimate of drug-likeness (QED) is 0.431. The van der Waals surface area contributed by atoms with Crippen molar-refractivity contribution in [2.45, 2.75) is 17.8 Å². The molecule has 0 spiro atoms. The van der Waals surface area contributed by atoms with Gasteiger partial charge in [-0.3, -0.25) is 4.57 Å². The molecule has 5 nitrogen and oxygen atoms in total. The molecule has 0 fully saturated rings. The van der Waals surface area contributed by atoms with Crippen LogP contribution < -0.4 is 4.74 Å². The standard InChI is InChI=1S/C20H18N4OS2/c1-14-5-3-4-6-18(14)24-13-21-23-20(24)27-12-16-11-26-19(22-16)15-7-9-17(25-2)10-8-15/h3-11,13H,12H2,1-2H3. The van der Waals surface area contributed by atoms with E-state index in [4.69, 9.17) is 9.72 Å². The van der Waals surface area contributed by atoms with E-state index in [1.807, 2.05) is 41.0 Å². The lowest BCUT2D eigenvalue weighted by Gasteiger charge is -2.08. The fourth-order valence-electron chi connectivity index (χ4n) is 2.70. The molecule has 2 aromatic carbocycles. The van der Waals surface area contributed by atoms with Crippen molar-refractivity contribution < 1.29 is 4.74 Å². The minimum Gasteiger partial charge on any atom is -0.497 e. The zero-order valence-electron chi connectivity index (χ0n) is 15.0. The average molecular weight is 395 g/mol. The van der Waals surface area contributed by atoms with Gasteiger partial charge in [0.1, 0.15) is 17.1 Å². The van der Waals surface area contributed by atoms with E-state index in [0.29, 0.717) is 0 Å². The van der Waals surface area contributed by atoms with Crippen molar-refractivity contribution in [2.75, 3.05) is 7.11 Å². The van der Waals surface area contributed by atoms with Crippen LogP contribution in [0.1, 0.15) is 11.3 Å². The maximum absolute atomic E-state index is 5.21. The summed E-state index contributed by atoms with van der Waals surface area (Å²) in [5.41, 5.74) is 4.42. The van der Waals surface area contributed by atoms with Crippen LogP contribution in [0.4, 0.5) is 0 Å². The lowest BCUT2D eigenvalue weighted by atomic mass is 10.2. The van der Waals surface area contributed by atoms with E-state index in [2.05, 4.69) is 34.6 Å². The van der Waals surface area contributed by atoms with Crippen molar-refractivity contribution in [2.24, 2.45) is 0 Å². The molecular formula is C20H18N4OS2. The van der Waals surface area contributed by atoms with Gasteiger partial charge in [0.15, 0.2) is 5.16 Å². The summed E-state index contributed by atoms with van der Waals surface area (Å²) in [4.78, 5) is 4.75. The number of rotatable bonds is 6. The maximum Gasteiger partial charge on any atom is 0.196 e. The highest BCUT2D eigenvalue weighted by atomic mass is 32.2. The van der Waals surface area contributed by atoms with Crippen molar-refractivity contribution in [1.29, 1.82) is 0 Å². The Morgan fingerprint density at radius 2 is 1.93 bits per heavy atom. The van der Waals surface area contributed by atoms with E-state index in [1.54, 1.807) is 36.5 Å². The second kappa shape index (κ2) is 7.94. The van der Waals surface area contributed by atoms with Gasteiger partial charge in [-0.1, -0.05) is 30.0 Å². The highest BCUT2D eigenvalue weighted by Gasteiger charge is 2.11. The number of aryl methyl sites for hydroxylation is 1. The first kappa shape index (κ1) is 17.8. The molecule has 0 N–H and O–H groups in total. The van der Waals surface area contributed by atoms with E-state index in [1.165, 1.54) is 5.56 Å². The Labute approximate surface area is 166 Å². The number of methoxy groups -OCH3 is 1. The van der Waals surface area contributed by atoms with Crippen LogP contribution in [-0.4, -0.2) is 26.9 Å². The molecule has 0 saturated heterocycles. The number of nitrogens with zero attached hydrogens (tertiary/aromatic N) is 4. The van der Waals surface area contributed by atoms with Gasteiger partial charge in [-0.05, 0) is 42.8 Å². The van der Waals surface area contributed by atoms with E-state index < -0.39 is 0 Å². The van der Waals surface area contributed by atoms with Gasteiger partial charge in [-0.25, -0.2) is 4.98 Å². The van der Waals surface area contributed by atoms with Gasteiger partial charge in [-0.15, -0.1) is 21.5 Å². The third-order valence-electron chi connectivity index (χ3n) is 4.13. The molecular weight excluding hydrogens is 376 g/mol. The maximum atomic E-state index is 5.21. The highest BCUT2D eigenvalue weighted by Crippen LogP contribution is 2.29. The Morgan fingerprint density at radius 1 is 1.11 bits per heavy atom. The number of hydrogen-bond acceptors (Lipinski definition) is 6. The van der Waals surface area contributed by atoms with Crippen LogP contribution >= 0.6 is 23.1 Å². The van der Waals surface area contributed by atoms with E-state index in [0.717, 1.165) is 38.6 Å². The van der Waals surface area contributed by atoms with Gasteiger partial charge in [0, 0.05) is 16.7 Å². The first-order chi connectivity index (χ1) is 13.2. The summed E-state index contributed by atoms with van der Waals surface area (Å²) >= 11 is 3.29. The SMILES string of the molecule is COc1ccc(-c2nc(CSc3nncn3-c3ccccc3C)cs2)cc1. The molecule has 0 bridgehead atoms. The molecule has 0 aliphatic rings. The average Bonchev–Trinajstić information content (AvgIpc) is 3.36. The first-order valence-electron chi connectivity index (χ1n) is 8.42. The minimum atomic E-state index is 0.747. The minimum absolute atomic E-state index is 0.747. The molecule has 0 aliphatic heterocycles. The Kier molecular flexibility index (Phi) is 5.22. The largest absolute Gasteiger partial charge is 0.497 e. The Morgan fingerprint density at radius 3 is 2.70 bits per heavy atom. The van der Waals surface area contributed by atoms with Crippen LogP contribution in [0, 0.1) is 6.92 Å². The molecule has 0 aliphatic carbocycles. The molecule has 0 unspecified atom stereocenters. The van der Waals surface area contributed by atoms with Crippen LogP contribution in [0.5, 0.6) is 5.75 Å². The lowest BCUT2D eigenvalue weighted by molar-refractivity contribution is 0.415. The number of para-hydroxylation sites is 1. The summed E-state index contributed by atoms with van der Waals surface area (Å²) in [6.45, 7) is 2.09. The number of ether oxygens (including phenoxy) is 1. The number of hydrogen-bond donors (Lipinski definition) is 0. The second-order valence-corrected chi connectivity index (χ2v) is 7.73. The predicted molar refractivity (Wildman–Crippen MR) is 110 cm³/mol. The predicted octanol–water partition coefficient (Wildman–Crippen LogP) is 5.00. The third-order valence-corrected chi connectivity index (χ3v) is 6.05. The third kappa shape index (κ3) is 3.89. The summed E-state index contributed by atoms with van der Waals surface area (Å²) in [5, 5.41) is 12.3. The Bertz CT molecular complexity index is 1040. The monoisotopic (exact) mass is 394 g/mol. The lowest BCUT2D eigenvalue weighted by Crippen LogP contribution is -1.97. The van der Waals surface area contributed by atoms with Crippen LogP contribution in [0.3, 0.4) is 0 Å². The number of aromatic nitrogens is 4. The number of thioether (sulfide) groups is 1. The van der Waals surface area contributed by atoms with E-state index in [-0.39, 0.29) is 0 Å². The van der Waals surface area contributed by atoms with Crippen molar-refractivity contribution in [3.05, 3.63) is 71.5 Å². The Hall–Kier alpha value is -2.64. The number of benzene rings is 2. The van der Waals surface area contributed by atoms with Crippen LogP contribution in [-0.2, 0) is 5.75 Å². The van der Waals surface area contributed by atoms with E-state index in [9.17, 15) is 0 Å². The molecule has 0 atom stereocenters. The van der Waals surface area contributed by atoms with Gasteiger partial charge in [-0.2, -0.15) is 0 Å². The molecule has 0 radical (unpaired) electrons. The summed E-state index contributed by atoms with van der Waals surface area (Å²) in [7, 11) is 1.67. The van der Waals surface area contributed by atoms with E-state index >= 15 is 0 Å². The van der Waals surface area contributed by atoms with Crippen LogP contribution in [0.15, 0.2) is 65.4 Å². The second-order valence-electron chi connectivity index (χ2n) is 5.93. The first-order valence-corrected chi connectivity index (χ1v) is 10.3. The van der Waals surface area contributed by atoms with Crippen molar-refractivity contribution in [3.8, 4) is 22.0 Å². The van der Waals surface area contributed by atoms with Crippen molar-refractivity contribution in [1.82, 2.24) is 19.7 Å². The smallest absolute Gasteiger partial charge is 0.196 e. The molecule has 2 heterocycles. The summed E-state index contributed by atoms with van der Waals surface area (Å²) in [6, 6.07) is 16.2. The topological polar surface area (TPSA) is 52.8 Å². The normalized spacial score (nSPS) is 10.9. The fraction of sp³-hybridized carbons (Fsp3) is 0.150. The molecule has 136 valence electrons. The molecule has 27 heavy (non-hydrogen) atoms. The highest BCUT2D eigenvalue weighted by molar-refractivity contribution is 7.98. The Balaban J connectivity index is 1.48. The van der Waals surface area contributed by atoms with Crippen molar-refractivity contribution >= 4 is 23.1 Å². The zero-order valence-corrected chi connectivity index (χ0v) is 16.6. The zero-order chi connectivity index (χ0) is 18.6. The molecule has 2 aromatic heterocycles. The van der Waals surface area contributed by atoms with Crippen LogP contribution in [0.25, 0.3) is 16.3 Å². The van der Waals surface area contributed by atoms with Gasteiger partial charge in [0.25, 0.3) is 0 Å². The number of thiazole rings is 1. The fourth-order valence-corrected chi connectivity index (χ4v) is 4.45. The summed E-state index contributed by atoms with van der Waals surface area (Å²) in [5.74, 6) is 1.60. The van der Waals surface area contributed by atoms with Gasteiger partial charge >= 0.3 is 0 Å². The molecule has 0 amide bonds.